The van der Waals surface area contributed by atoms with Crippen LogP contribution in [0.4, 0.5) is 0 Å². The van der Waals surface area contributed by atoms with E-state index in [0.29, 0.717) is 60.4 Å². The van der Waals surface area contributed by atoms with Crippen molar-refractivity contribution < 1.29 is 24.0 Å². The van der Waals surface area contributed by atoms with Gasteiger partial charge in [-0.05, 0) is 29.7 Å². The molecule has 0 unspecified atom stereocenters. The predicted octanol–water partition coefficient (Wildman–Crippen LogP) is 1.88. The van der Waals surface area contributed by atoms with Gasteiger partial charge in [0.15, 0.2) is 0 Å². The standard InChI is InChI=1S/C28H24N4O5/c33-23(17-32-25(34)19-7-1-2-8-20(19)26(32)35)30-14-11-29(12-15-30)13-16-31-27(36)21-9-3-5-18-6-4-10-22(24(18)21)28(31)37/h1-10H,11-17H2. The van der Waals surface area contributed by atoms with Gasteiger partial charge in [0.2, 0.25) is 5.91 Å². The second kappa shape index (κ2) is 8.94. The van der Waals surface area contributed by atoms with Gasteiger partial charge < -0.3 is 4.90 Å². The fourth-order valence-electron chi connectivity index (χ4n) is 5.36. The van der Waals surface area contributed by atoms with E-state index in [1.165, 1.54) is 4.90 Å². The van der Waals surface area contributed by atoms with Gasteiger partial charge in [-0.1, -0.05) is 36.4 Å². The van der Waals surface area contributed by atoms with Gasteiger partial charge in [0.25, 0.3) is 23.6 Å². The van der Waals surface area contributed by atoms with Crippen LogP contribution in [-0.2, 0) is 4.79 Å². The molecule has 3 aromatic carbocycles. The van der Waals surface area contributed by atoms with Crippen LogP contribution in [-0.4, -0.2) is 94.9 Å². The monoisotopic (exact) mass is 496 g/mol. The summed E-state index contributed by atoms with van der Waals surface area (Å²) in [6.07, 6.45) is 0. The molecule has 5 amide bonds. The lowest BCUT2D eigenvalue weighted by molar-refractivity contribution is -0.133. The zero-order chi connectivity index (χ0) is 25.7. The van der Waals surface area contributed by atoms with Crippen molar-refractivity contribution in [3.05, 3.63) is 82.9 Å². The Morgan fingerprint density at radius 1 is 0.595 bits per heavy atom. The molecule has 1 fully saturated rings. The van der Waals surface area contributed by atoms with Gasteiger partial charge in [0, 0.05) is 55.8 Å². The molecule has 0 saturated carbocycles. The molecule has 37 heavy (non-hydrogen) atoms. The van der Waals surface area contributed by atoms with E-state index in [4.69, 9.17) is 0 Å². The van der Waals surface area contributed by atoms with Crippen molar-refractivity contribution in [2.45, 2.75) is 0 Å². The number of hydrogen-bond donors (Lipinski definition) is 0. The summed E-state index contributed by atoms with van der Waals surface area (Å²) in [5, 5.41) is 1.58. The van der Waals surface area contributed by atoms with E-state index in [-0.39, 0.29) is 30.8 Å². The number of benzene rings is 3. The molecule has 9 heteroatoms. The van der Waals surface area contributed by atoms with Crippen LogP contribution in [0.15, 0.2) is 60.7 Å². The molecule has 3 heterocycles. The van der Waals surface area contributed by atoms with Crippen LogP contribution in [0, 0.1) is 0 Å². The van der Waals surface area contributed by atoms with Crippen molar-refractivity contribution in [2.24, 2.45) is 0 Å². The summed E-state index contributed by atoms with van der Waals surface area (Å²) < 4.78 is 0. The predicted molar refractivity (Wildman–Crippen MR) is 134 cm³/mol. The number of nitrogens with zero attached hydrogens (tertiary/aromatic N) is 4. The van der Waals surface area contributed by atoms with Crippen LogP contribution in [0.25, 0.3) is 10.8 Å². The zero-order valence-corrected chi connectivity index (χ0v) is 20.1. The normalized spacial score (nSPS) is 17.7. The van der Waals surface area contributed by atoms with E-state index in [1.54, 1.807) is 41.3 Å². The number of fused-ring (bicyclic) bond motifs is 1. The van der Waals surface area contributed by atoms with Crippen molar-refractivity contribution in [3.8, 4) is 0 Å². The van der Waals surface area contributed by atoms with Crippen molar-refractivity contribution in [1.82, 2.24) is 19.6 Å². The highest BCUT2D eigenvalue weighted by Crippen LogP contribution is 2.30. The summed E-state index contributed by atoms with van der Waals surface area (Å²) in [5.41, 5.74) is 1.73. The quantitative estimate of drug-likeness (QED) is 0.501. The molecular formula is C28H24N4O5. The SMILES string of the molecule is O=C(CN1C(=O)c2ccccc2C1=O)N1CCN(CCN2C(=O)c3cccc4cccc(c34)C2=O)CC1. The molecular weight excluding hydrogens is 472 g/mol. The van der Waals surface area contributed by atoms with Crippen LogP contribution in [0.2, 0.25) is 0 Å². The maximum absolute atomic E-state index is 13.1. The minimum absolute atomic E-state index is 0.255. The molecule has 0 bridgehead atoms. The van der Waals surface area contributed by atoms with Gasteiger partial charge in [-0.15, -0.1) is 0 Å². The fourth-order valence-corrected chi connectivity index (χ4v) is 5.36. The van der Waals surface area contributed by atoms with Gasteiger partial charge in [0.1, 0.15) is 6.54 Å². The Bertz CT molecular complexity index is 1410. The van der Waals surface area contributed by atoms with Crippen LogP contribution >= 0.6 is 0 Å². The molecule has 6 rings (SSSR count). The Balaban J connectivity index is 1.05. The third-order valence-electron chi connectivity index (χ3n) is 7.39. The number of imide groups is 2. The van der Waals surface area contributed by atoms with Gasteiger partial charge in [-0.2, -0.15) is 0 Å². The molecule has 0 atom stereocenters. The summed E-state index contributed by atoms with van der Waals surface area (Å²) in [7, 11) is 0. The van der Waals surface area contributed by atoms with Gasteiger partial charge in [-0.3, -0.25) is 38.7 Å². The Kier molecular flexibility index (Phi) is 5.57. The maximum atomic E-state index is 13.1. The van der Waals surface area contributed by atoms with Crippen LogP contribution < -0.4 is 0 Å². The summed E-state index contributed by atoms with van der Waals surface area (Å²) in [5.74, 6) is -1.74. The third-order valence-corrected chi connectivity index (χ3v) is 7.39. The van der Waals surface area contributed by atoms with E-state index >= 15 is 0 Å². The largest absolute Gasteiger partial charge is 0.339 e. The highest BCUT2D eigenvalue weighted by molar-refractivity contribution is 6.25. The highest BCUT2D eigenvalue weighted by atomic mass is 16.2. The molecule has 0 aliphatic carbocycles. The van der Waals surface area contributed by atoms with Gasteiger partial charge in [-0.25, -0.2) is 0 Å². The lowest BCUT2D eigenvalue weighted by Gasteiger charge is -2.36. The Morgan fingerprint density at radius 3 is 1.68 bits per heavy atom. The van der Waals surface area contributed by atoms with Crippen molar-refractivity contribution in [1.29, 1.82) is 0 Å². The average molecular weight is 497 g/mol. The molecule has 186 valence electrons. The summed E-state index contributed by atoms with van der Waals surface area (Å²) in [6.45, 7) is 2.47. The van der Waals surface area contributed by atoms with E-state index in [0.717, 1.165) is 10.3 Å². The van der Waals surface area contributed by atoms with Crippen LogP contribution in [0.3, 0.4) is 0 Å². The molecule has 0 radical (unpaired) electrons. The first-order valence-corrected chi connectivity index (χ1v) is 12.3. The minimum Gasteiger partial charge on any atom is -0.339 e. The number of amides is 5. The topological polar surface area (TPSA) is 98.3 Å². The Morgan fingerprint density at radius 2 is 1.11 bits per heavy atom. The number of carbonyl (C=O) groups is 5. The fraction of sp³-hybridized carbons (Fsp3) is 0.250. The molecule has 1 saturated heterocycles. The summed E-state index contributed by atoms with van der Waals surface area (Å²) in [6, 6.07) is 17.5. The Hall–Kier alpha value is -4.37. The maximum Gasteiger partial charge on any atom is 0.262 e. The number of hydrogen-bond acceptors (Lipinski definition) is 6. The molecule has 0 N–H and O–H groups in total. The van der Waals surface area contributed by atoms with Crippen molar-refractivity contribution in [3.63, 3.8) is 0 Å². The second-order valence-electron chi connectivity index (χ2n) is 9.44. The number of carbonyl (C=O) groups excluding carboxylic acids is 5. The smallest absolute Gasteiger partial charge is 0.262 e. The van der Waals surface area contributed by atoms with Crippen LogP contribution in [0.5, 0.6) is 0 Å². The summed E-state index contributed by atoms with van der Waals surface area (Å²) >= 11 is 0. The van der Waals surface area contributed by atoms with Gasteiger partial charge in [0.05, 0.1) is 11.1 Å². The lowest BCUT2D eigenvalue weighted by atomic mass is 9.94. The average Bonchev–Trinajstić information content (AvgIpc) is 3.16. The zero-order valence-electron chi connectivity index (χ0n) is 20.1. The summed E-state index contributed by atoms with van der Waals surface area (Å²) in [4.78, 5) is 70.3. The third kappa shape index (κ3) is 3.79. The molecule has 3 aromatic rings. The van der Waals surface area contributed by atoms with E-state index < -0.39 is 11.8 Å². The van der Waals surface area contributed by atoms with Crippen LogP contribution in [0.1, 0.15) is 41.4 Å². The molecule has 3 aliphatic rings. The van der Waals surface area contributed by atoms with Crippen molar-refractivity contribution >= 4 is 40.3 Å². The molecule has 0 aromatic heterocycles. The van der Waals surface area contributed by atoms with E-state index in [9.17, 15) is 24.0 Å². The number of piperazine rings is 1. The molecule has 0 spiro atoms. The van der Waals surface area contributed by atoms with Crippen molar-refractivity contribution in [2.75, 3.05) is 45.8 Å². The highest BCUT2D eigenvalue weighted by Gasteiger charge is 2.38. The van der Waals surface area contributed by atoms with E-state index in [2.05, 4.69) is 4.90 Å². The van der Waals surface area contributed by atoms with E-state index in [1.807, 2.05) is 24.3 Å². The Labute approximate surface area is 212 Å². The second-order valence-corrected chi connectivity index (χ2v) is 9.44. The van der Waals surface area contributed by atoms with Gasteiger partial charge >= 0.3 is 0 Å². The lowest BCUT2D eigenvalue weighted by Crippen LogP contribution is -2.53. The first kappa shape index (κ1) is 23.1. The first-order valence-electron chi connectivity index (χ1n) is 12.3. The minimum atomic E-state index is -0.444. The first-order chi connectivity index (χ1) is 17.9. The molecule has 9 nitrogen and oxygen atoms in total. The number of rotatable bonds is 5. The molecule has 3 aliphatic heterocycles.